The van der Waals surface area contributed by atoms with Crippen molar-refractivity contribution in [2.45, 2.75) is 12.5 Å². The van der Waals surface area contributed by atoms with E-state index in [0.29, 0.717) is 47.7 Å². The molecule has 0 radical (unpaired) electrons. The van der Waals surface area contributed by atoms with Gasteiger partial charge in [-0.25, -0.2) is 14.4 Å². The molecule has 1 saturated heterocycles. The van der Waals surface area contributed by atoms with Gasteiger partial charge in [-0.2, -0.15) is 0 Å². The summed E-state index contributed by atoms with van der Waals surface area (Å²) in [6.07, 6.45) is 5.63. The van der Waals surface area contributed by atoms with Gasteiger partial charge in [0.15, 0.2) is 0 Å². The summed E-state index contributed by atoms with van der Waals surface area (Å²) < 4.78 is 13.3. The summed E-state index contributed by atoms with van der Waals surface area (Å²) in [5, 5.41) is 6.70. The van der Waals surface area contributed by atoms with Gasteiger partial charge in [0.05, 0.1) is 5.52 Å². The highest BCUT2D eigenvalue weighted by atomic mass is 19.1. The number of carbonyl (C=O) groups excluding carboxylic acids is 2. The van der Waals surface area contributed by atoms with Gasteiger partial charge in [-0.15, -0.1) is 0 Å². The molecular formula is C25H27FN6O2. The van der Waals surface area contributed by atoms with Crippen LogP contribution in [0.3, 0.4) is 0 Å². The number of carbonyl (C=O) groups is 2. The normalized spacial score (nSPS) is 15.9. The molecule has 3 aromatic rings. The fourth-order valence-corrected chi connectivity index (χ4v) is 3.75. The van der Waals surface area contributed by atoms with Crippen molar-refractivity contribution in [3.8, 4) is 0 Å². The Hall–Kier alpha value is -3.85. The summed E-state index contributed by atoms with van der Waals surface area (Å²) in [4.78, 5) is 37.3. The molecule has 0 saturated carbocycles. The number of nitrogens with zero attached hydrogens (tertiary/aromatic N) is 4. The Kier molecular flexibility index (Phi) is 7.12. The summed E-state index contributed by atoms with van der Waals surface area (Å²) >= 11 is 0. The number of fused-ring (bicyclic) bond motifs is 1. The molecule has 2 heterocycles. The molecule has 2 aromatic carbocycles. The standard InChI is InChI=1S/C25H27FN6O2/c1-31(2)12-3-4-23(33)28-20-8-5-17(6-9-20)24(34)32-13-11-21(16-32)29-25-27-15-18-14-19(26)7-10-22(18)30-25/h3-10,14-15,21H,11-13,16H2,1-2H3,(H,28,33)(H,27,29,30)/b4-3+. The lowest BCUT2D eigenvalue weighted by molar-refractivity contribution is -0.111. The number of halogens is 1. The summed E-state index contributed by atoms with van der Waals surface area (Å²) in [6, 6.07) is 11.3. The number of benzene rings is 2. The smallest absolute Gasteiger partial charge is 0.253 e. The second-order valence-corrected chi connectivity index (χ2v) is 8.51. The molecule has 0 aliphatic carbocycles. The minimum Gasteiger partial charge on any atom is -0.350 e. The topological polar surface area (TPSA) is 90.5 Å². The molecule has 4 rings (SSSR count). The molecule has 1 atom stereocenters. The van der Waals surface area contributed by atoms with Crippen molar-refractivity contribution in [1.29, 1.82) is 0 Å². The molecule has 1 aliphatic rings. The summed E-state index contributed by atoms with van der Waals surface area (Å²) in [5.74, 6) is -0.148. The number of nitrogens with one attached hydrogen (secondary N) is 2. The summed E-state index contributed by atoms with van der Waals surface area (Å²) in [5.41, 5.74) is 1.85. The molecule has 1 aromatic heterocycles. The zero-order chi connectivity index (χ0) is 24.1. The van der Waals surface area contributed by atoms with Crippen LogP contribution in [0.15, 0.2) is 60.8 Å². The van der Waals surface area contributed by atoms with Crippen LogP contribution in [0.2, 0.25) is 0 Å². The van der Waals surface area contributed by atoms with Crippen molar-refractivity contribution >= 4 is 34.4 Å². The van der Waals surface area contributed by atoms with E-state index in [4.69, 9.17) is 0 Å². The first-order valence-corrected chi connectivity index (χ1v) is 11.1. The van der Waals surface area contributed by atoms with Gasteiger partial charge in [-0.05, 0) is 63.0 Å². The maximum absolute atomic E-state index is 13.3. The molecule has 34 heavy (non-hydrogen) atoms. The fraction of sp³-hybridized carbons (Fsp3) is 0.280. The predicted octanol–water partition coefficient (Wildman–Crippen LogP) is 3.15. The Bertz CT molecular complexity index is 1210. The maximum atomic E-state index is 13.3. The zero-order valence-corrected chi connectivity index (χ0v) is 19.2. The van der Waals surface area contributed by atoms with Crippen molar-refractivity contribution in [2.24, 2.45) is 0 Å². The minimum atomic E-state index is -0.325. The van der Waals surface area contributed by atoms with E-state index in [1.807, 2.05) is 19.0 Å². The van der Waals surface area contributed by atoms with Gasteiger partial charge in [-0.1, -0.05) is 6.08 Å². The number of amides is 2. The van der Waals surface area contributed by atoms with Crippen LogP contribution in [0.4, 0.5) is 16.0 Å². The summed E-state index contributed by atoms with van der Waals surface area (Å²) in [7, 11) is 3.86. The van der Waals surface area contributed by atoms with E-state index >= 15 is 0 Å². The molecule has 0 bridgehead atoms. The van der Waals surface area contributed by atoms with Gasteiger partial charge in [0.25, 0.3) is 5.91 Å². The van der Waals surface area contributed by atoms with E-state index < -0.39 is 0 Å². The lowest BCUT2D eigenvalue weighted by Gasteiger charge is -2.17. The van der Waals surface area contributed by atoms with E-state index in [-0.39, 0.29) is 23.7 Å². The average Bonchev–Trinajstić information content (AvgIpc) is 3.27. The number of anilines is 2. The van der Waals surface area contributed by atoms with Crippen LogP contribution in [0.5, 0.6) is 0 Å². The van der Waals surface area contributed by atoms with E-state index in [2.05, 4.69) is 20.6 Å². The number of likely N-dealkylation sites (tertiary alicyclic amines) is 1. The lowest BCUT2D eigenvalue weighted by atomic mass is 10.2. The second-order valence-electron chi connectivity index (χ2n) is 8.51. The van der Waals surface area contributed by atoms with Crippen LogP contribution in [-0.4, -0.2) is 71.4 Å². The third kappa shape index (κ3) is 5.93. The van der Waals surface area contributed by atoms with Gasteiger partial charge >= 0.3 is 0 Å². The van der Waals surface area contributed by atoms with E-state index in [1.54, 1.807) is 47.5 Å². The maximum Gasteiger partial charge on any atom is 0.253 e. The molecule has 9 heteroatoms. The third-order valence-electron chi connectivity index (χ3n) is 5.49. The first-order chi connectivity index (χ1) is 16.4. The molecule has 176 valence electrons. The van der Waals surface area contributed by atoms with Crippen molar-refractivity contribution in [1.82, 2.24) is 19.8 Å². The minimum absolute atomic E-state index is 0.0226. The first-order valence-electron chi connectivity index (χ1n) is 11.1. The largest absolute Gasteiger partial charge is 0.350 e. The predicted molar refractivity (Wildman–Crippen MR) is 130 cm³/mol. The van der Waals surface area contributed by atoms with Crippen LogP contribution in [-0.2, 0) is 4.79 Å². The Labute approximate surface area is 197 Å². The quantitative estimate of drug-likeness (QED) is 0.525. The number of likely N-dealkylation sites (N-methyl/N-ethyl adjacent to an activating group) is 1. The van der Waals surface area contributed by atoms with E-state index in [0.717, 1.165) is 6.42 Å². The van der Waals surface area contributed by atoms with E-state index in [9.17, 15) is 14.0 Å². The van der Waals surface area contributed by atoms with Crippen molar-refractivity contribution in [3.63, 3.8) is 0 Å². The Morgan fingerprint density at radius 2 is 2.00 bits per heavy atom. The van der Waals surface area contributed by atoms with Gasteiger partial charge in [0.1, 0.15) is 5.82 Å². The molecular weight excluding hydrogens is 435 g/mol. The molecule has 2 N–H and O–H groups in total. The van der Waals surface area contributed by atoms with E-state index in [1.165, 1.54) is 18.2 Å². The van der Waals surface area contributed by atoms with Crippen LogP contribution in [0, 0.1) is 5.82 Å². The van der Waals surface area contributed by atoms with Crippen LogP contribution in [0.1, 0.15) is 16.8 Å². The highest BCUT2D eigenvalue weighted by Crippen LogP contribution is 2.19. The first kappa shape index (κ1) is 23.3. The molecule has 1 fully saturated rings. The third-order valence-corrected chi connectivity index (χ3v) is 5.49. The number of rotatable bonds is 7. The van der Waals surface area contributed by atoms with Crippen molar-refractivity contribution < 1.29 is 14.0 Å². The van der Waals surface area contributed by atoms with Crippen LogP contribution >= 0.6 is 0 Å². The summed E-state index contributed by atoms with van der Waals surface area (Å²) in [6.45, 7) is 1.82. The SMILES string of the molecule is CN(C)C/C=C/C(=O)Nc1ccc(C(=O)N2CCC(Nc3ncc4cc(F)ccc4n3)C2)cc1. The number of aromatic nitrogens is 2. The van der Waals surface area contributed by atoms with Gasteiger partial charge < -0.3 is 20.4 Å². The lowest BCUT2D eigenvalue weighted by Crippen LogP contribution is -2.31. The monoisotopic (exact) mass is 462 g/mol. The van der Waals surface area contributed by atoms with Gasteiger partial charge in [0, 0.05) is 54.6 Å². The van der Waals surface area contributed by atoms with Crippen molar-refractivity contribution in [3.05, 3.63) is 72.2 Å². The van der Waals surface area contributed by atoms with Crippen LogP contribution in [0.25, 0.3) is 10.9 Å². The highest BCUT2D eigenvalue weighted by Gasteiger charge is 2.27. The fourth-order valence-electron chi connectivity index (χ4n) is 3.75. The molecule has 0 spiro atoms. The number of hydrogen-bond acceptors (Lipinski definition) is 6. The highest BCUT2D eigenvalue weighted by molar-refractivity contribution is 6.00. The van der Waals surface area contributed by atoms with Gasteiger partial charge in [-0.3, -0.25) is 9.59 Å². The number of hydrogen-bond donors (Lipinski definition) is 2. The van der Waals surface area contributed by atoms with Gasteiger partial charge in [0.2, 0.25) is 11.9 Å². The average molecular weight is 463 g/mol. The zero-order valence-electron chi connectivity index (χ0n) is 19.2. The second kappa shape index (κ2) is 10.4. The molecule has 1 aliphatic heterocycles. The molecule has 1 unspecified atom stereocenters. The molecule has 2 amide bonds. The molecule has 8 nitrogen and oxygen atoms in total. The Morgan fingerprint density at radius 1 is 1.21 bits per heavy atom. The van der Waals surface area contributed by atoms with Crippen LogP contribution < -0.4 is 10.6 Å². The van der Waals surface area contributed by atoms with Crippen molar-refractivity contribution in [2.75, 3.05) is 44.4 Å². The Morgan fingerprint density at radius 3 is 2.76 bits per heavy atom. The Balaban J connectivity index is 1.31.